The molecule has 1 aromatic rings. The van der Waals surface area contributed by atoms with E-state index in [0.717, 1.165) is 37.8 Å². The van der Waals surface area contributed by atoms with Gasteiger partial charge >= 0.3 is 0 Å². The summed E-state index contributed by atoms with van der Waals surface area (Å²) in [4.78, 5) is 2.60. The average molecular weight is 288 g/mol. The van der Waals surface area contributed by atoms with Gasteiger partial charge in [-0.3, -0.25) is 0 Å². The molecule has 2 aliphatic rings. The Morgan fingerprint density at radius 1 is 1.19 bits per heavy atom. The molecule has 21 heavy (non-hydrogen) atoms. The van der Waals surface area contributed by atoms with Crippen LogP contribution in [0.2, 0.25) is 0 Å². The van der Waals surface area contributed by atoms with Gasteiger partial charge in [0.2, 0.25) is 0 Å². The smallest absolute Gasteiger partial charge is 0.119 e. The number of rotatable bonds is 5. The zero-order valence-electron chi connectivity index (χ0n) is 13.1. The number of ether oxygens (including phenoxy) is 1. The van der Waals surface area contributed by atoms with Gasteiger partial charge in [-0.2, -0.15) is 0 Å². The van der Waals surface area contributed by atoms with E-state index in [0.29, 0.717) is 12.0 Å². The van der Waals surface area contributed by atoms with Crippen LogP contribution in [-0.4, -0.2) is 37.2 Å². The summed E-state index contributed by atoms with van der Waals surface area (Å²) >= 11 is 0. The molecule has 116 valence electrons. The van der Waals surface area contributed by atoms with Crippen molar-refractivity contribution >= 4 is 0 Å². The third-order valence-electron chi connectivity index (χ3n) is 4.96. The monoisotopic (exact) mass is 288 g/mol. The maximum Gasteiger partial charge on any atom is 0.119 e. The lowest BCUT2D eigenvalue weighted by molar-refractivity contribution is 0.133. The largest absolute Gasteiger partial charge is 0.494 e. The second kappa shape index (κ2) is 6.80. The Balaban J connectivity index is 1.62. The number of nitrogens with zero attached hydrogens (tertiary/aromatic N) is 1. The van der Waals surface area contributed by atoms with E-state index in [1.807, 2.05) is 6.92 Å². The maximum absolute atomic E-state index is 6.30. The van der Waals surface area contributed by atoms with Gasteiger partial charge in [-0.05, 0) is 55.7 Å². The quantitative estimate of drug-likeness (QED) is 0.905. The van der Waals surface area contributed by atoms with Crippen molar-refractivity contribution in [2.45, 2.75) is 44.6 Å². The normalized spacial score (nSPS) is 27.3. The van der Waals surface area contributed by atoms with Crippen molar-refractivity contribution in [2.24, 2.45) is 11.7 Å². The van der Waals surface area contributed by atoms with E-state index in [-0.39, 0.29) is 0 Å². The second-order valence-corrected chi connectivity index (χ2v) is 6.71. The van der Waals surface area contributed by atoms with Crippen LogP contribution >= 0.6 is 0 Å². The van der Waals surface area contributed by atoms with Gasteiger partial charge < -0.3 is 15.4 Å². The fraction of sp³-hybridized carbons (Fsp3) is 0.667. The highest BCUT2D eigenvalue weighted by atomic mass is 16.5. The number of hydrogen-bond acceptors (Lipinski definition) is 3. The molecule has 2 fully saturated rings. The Morgan fingerprint density at radius 3 is 2.57 bits per heavy atom. The van der Waals surface area contributed by atoms with Crippen LogP contribution < -0.4 is 10.5 Å². The van der Waals surface area contributed by atoms with Crippen LogP contribution in [0.4, 0.5) is 0 Å². The van der Waals surface area contributed by atoms with Crippen molar-refractivity contribution in [1.82, 2.24) is 4.90 Å². The van der Waals surface area contributed by atoms with E-state index in [2.05, 4.69) is 29.2 Å². The summed E-state index contributed by atoms with van der Waals surface area (Å²) in [5.41, 5.74) is 7.71. The summed E-state index contributed by atoms with van der Waals surface area (Å²) in [5.74, 6) is 2.47. The van der Waals surface area contributed by atoms with Crippen molar-refractivity contribution in [3.8, 4) is 5.75 Å². The summed E-state index contributed by atoms with van der Waals surface area (Å²) < 4.78 is 5.53. The van der Waals surface area contributed by atoms with Gasteiger partial charge in [0.05, 0.1) is 6.61 Å². The first-order chi connectivity index (χ1) is 10.2. The Kier molecular flexibility index (Phi) is 4.81. The molecule has 3 rings (SSSR count). The third-order valence-corrected chi connectivity index (χ3v) is 4.96. The van der Waals surface area contributed by atoms with E-state index in [4.69, 9.17) is 10.5 Å². The maximum atomic E-state index is 6.30. The molecule has 3 heteroatoms. The first-order valence-electron chi connectivity index (χ1n) is 8.45. The molecule has 2 unspecified atom stereocenters. The van der Waals surface area contributed by atoms with Crippen LogP contribution in [0.15, 0.2) is 24.3 Å². The van der Waals surface area contributed by atoms with E-state index < -0.39 is 0 Å². The minimum absolute atomic E-state index is 0.315. The number of likely N-dealkylation sites (tertiary alicyclic amines) is 1. The van der Waals surface area contributed by atoms with Gasteiger partial charge in [0.15, 0.2) is 0 Å². The molecule has 2 N–H and O–H groups in total. The minimum Gasteiger partial charge on any atom is -0.494 e. The molecule has 0 bridgehead atoms. The Morgan fingerprint density at radius 2 is 1.95 bits per heavy atom. The molecule has 1 saturated heterocycles. The van der Waals surface area contributed by atoms with E-state index in [1.54, 1.807) is 0 Å². The lowest BCUT2D eigenvalue weighted by Gasteiger charge is -2.40. The first-order valence-corrected chi connectivity index (χ1v) is 8.45. The summed E-state index contributed by atoms with van der Waals surface area (Å²) in [6.45, 7) is 6.23. The predicted molar refractivity (Wildman–Crippen MR) is 86.7 cm³/mol. The van der Waals surface area contributed by atoms with Gasteiger partial charge in [0.1, 0.15) is 5.75 Å². The van der Waals surface area contributed by atoms with Crippen LogP contribution in [0.5, 0.6) is 5.75 Å². The number of hydrogen-bond donors (Lipinski definition) is 1. The summed E-state index contributed by atoms with van der Waals surface area (Å²) in [6.07, 6.45) is 5.36. The highest BCUT2D eigenvalue weighted by molar-refractivity contribution is 5.30. The lowest BCUT2D eigenvalue weighted by atomic mass is 9.83. The molecule has 1 aliphatic carbocycles. The third kappa shape index (κ3) is 3.78. The van der Waals surface area contributed by atoms with Crippen LogP contribution in [0.3, 0.4) is 0 Å². The molecule has 3 nitrogen and oxygen atoms in total. The lowest BCUT2D eigenvalue weighted by Crippen LogP contribution is -2.48. The zero-order valence-corrected chi connectivity index (χ0v) is 13.1. The Labute approximate surface area is 128 Å². The predicted octanol–water partition coefficient (Wildman–Crippen LogP) is 3.00. The molecule has 2 atom stereocenters. The van der Waals surface area contributed by atoms with Crippen LogP contribution in [-0.2, 0) is 0 Å². The van der Waals surface area contributed by atoms with Gasteiger partial charge in [-0.1, -0.05) is 18.6 Å². The molecular formula is C18H28N2O. The fourth-order valence-corrected chi connectivity index (χ4v) is 3.67. The Bertz CT molecular complexity index is 441. The highest BCUT2D eigenvalue weighted by Crippen LogP contribution is 2.31. The molecule has 1 heterocycles. The second-order valence-electron chi connectivity index (χ2n) is 6.71. The number of benzene rings is 1. The molecule has 0 aromatic heterocycles. The van der Waals surface area contributed by atoms with E-state index >= 15 is 0 Å². The zero-order chi connectivity index (χ0) is 14.7. The van der Waals surface area contributed by atoms with Crippen molar-refractivity contribution in [3.63, 3.8) is 0 Å². The molecular weight excluding hydrogens is 260 g/mol. The summed E-state index contributed by atoms with van der Waals surface area (Å²) in [5, 5.41) is 0. The van der Waals surface area contributed by atoms with Gasteiger partial charge in [-0.25, -0.2) is 0 Å². The number of piperidine rings is 1. The average Bonchev–Trinajstić information content (AvgIpc) is 2.44. The summed E-state index contributed by atoms with van der Waals surface area (Å²) in [6, 6.07) is 8.94. The van der Waals surface area contributed by atoms with Gasteiger partial charge in [-0.15, -0.1) is 0 Å². The fourth-order valence-electron chi connectivity index (χ4n) is 3.67. The van der Waals surface area contributed by atoms with E-state index in [9.17, 15) is 0 Å². The Hall–Kier alpha value is -1.06. The van der Waals surface area contributed by atoms with Crippen molar-refractivity contribution in [3.05, 3.63) is 29.8 Å². The first kappa shape index (κ1) is 14.9. The molecule has 1 saturated carbocycles. The topological polar surface area (TPSA) is 38.5 Å². The van der Waals surface area contributed by atoms with Crippen molar-refractivity contribution < 1.29 is 4.74 Å². The van der Waals surface area contributed by atoms with Gasteiger partial charge in [0.25, 0.3) is 0 Å². The van der Waals surface area contributed by atoms with E-state index in [1.165, 1.54) is 31.4 Å². The SMILES string of the molecule is CCOc1ccc(C2CC(N)CN(CC3CCC3)C2)cc1. The highest BCUT2D eigenvalue weighted by Gasteiger charge is 2.29. The van der Waals surface area contributed by atoms with Crippen LogP contribution in [0, 0.1) is 5.92 Å². The summed E-state index contributed by atoms with van der Waals surface area (Å²) in [7, 11) is 0. The van der Waals surface area contributed by atoms with Crippen molar-refractivity contribution in [1.29, 1.82) is 0 Å². The van der Waals surface area contributed by atoms with Crippen LogP contribution in [0.25, 0.3) is 0 Å². The molecule has 0 radical (unpaired) electrons. The molecule has 1 aromatic carbocycles. The minimum atomic E-state index is 0.315. The molecule has 0 amide bonds. The molecule has 1 aliphatic heterocycles. The van der Waals surface area contributed by atoms with Crippen molar-refractivity contribution in [2.75, 3.05) is 26.2 Å². The van der Waals surface area contributed by atoms with Gasteiger partial charge in [0, 0.05) is 25.7 Å². The standard InChI is InChI=1S/C18H28N2O/c1-2-21-18-8-6-15(7-9-18)16-10-17(19)13-20(12-16)11-14-4-3-5-14/h6-9,14,16-17H,2-5,10-13,19H2,1H3. The van der Waals surface area contributed by atoms with Crippen LogP contribution in [0.1, 0.15) is 44.1 Å². The number of nitrogens with two attached hydrogens (primary N) is 1. The molecule has 0 spiro atoms.